The van der Waals surface area contributed by atoms with Crippen molar-refractivity contribution in [2.24, 2.45) is 5.73 Å². The number of methoxy groups -OCH3 is 1. The Balaban J connectivity index is 1.83. The van der Waals surface area contributed by atoms with Crippen molar-refractivity contribution in [2.75, 3.05) is 21.2 Å². The number of nitrogens with two attached hydrogens (primary N) is 1. The Bertz CT molecular complexity index is 1850. The maximum atomic E-state index is 14.3. The summed E-state index contributed by atoms with van der Waals surface area (Å²) in [7, 11) is 4.64. The van der Waals surface area contributed by atoms with Gasteiger partial charge in [0.15, 0.2) is 11.3 Å². The van der Waals surface area contributed by atoms with E-state index < -0.39 is 29.3 Å². The molecule has 0 aliphatic heterocycles. The first-order valence-corrected chi connectivity index (χ1v) is 14.9. The molecular weight excluding hydrogens is 562 g/mol. The number of aryl methyl sites for hydroxylation is 2. The molecule has 0 aliphatic carbocycles. The molecule has 0 radical (unpaired) electrons. The molecule has 1 aromatic heterocycles. The van der Waals surface area contributed by atoms with E-state index in [9.17, 15) is 14.4 Å². The number of rotatable bonds is 9. The molecule has 0 spiro atoms. The predicted molar refractivity (Wildman–Crippen MR) is 178 cm³/mol. The monoisotopic (exact) mass is 601 g/mol. The number of hydrogen-bond donors (Lipinski definition) is 1. The van der Waals surface area contributed by atoms with Crippen molar-refractivity contribution >= 4 is 28.6 Å². The number of benzene rings is 4. The second kappa shape index (κ2) is 12.6. The lowest BCUT2D eigenvalue weighted by Crippen LogP contribution is -2.65. The number of fused-ring (bicyclic) bond motifs is 1. The lowest BCUT2D eigenvalue weighted by molar-refractivity contribution is -0.160. The predicted octanol–water partition coefficient (Wildman–Crippen LogP) is 6.14. The smallest absolute Gasteiger partial charge is 0.335 e. The third-order valence-corrected chi connectivity index (χ3v) is 8.50. The van der Waals surface area contributed by atoms with Crippen LogP contribution >= 0.6 is 0 Å². The van der Waals surface area contributed by atoms with E-state index in [4.69, 9.17) is 10.5 Å². The summed E-state index contributed by atoms with van der Waals surface area (Å²) in [5.41, 5.74) is 10.9. The minimum atomic E-state index is -1.85. The first kappa shape index (κ1) is 31.6. The van der Waals surface area contributed by atoms with Gasteiger partial charge < -0.3 is 10.5 Å². The van der Waals surface area contributed by atoms with Crippen LogP contribution in [0.3, 0.4) is 0 Å². The van der Waals surface area contributed by atoms with Crippen LogP contribution in [0, 0.1) is 13.8 Å². The van der Waals surface area contributed by atoms with Gasteiger partial charge in [0.25, 0.3) is 5.91 Å². The fraction of sp³-hybridized carbons (Fsp3) is 0.237. The van der Waals surface area contributed by atoms with Crippen LogP contribution in [0.5, 0.6) is 0 Å². The Morgan fingerprint density at radius 2 is 1.40 bits per heavy atom. The Morgan fingerprint density at radius 3 is 1.98 bits per heavy atom. The second-order valence-corrected chi connectivity index (χ2v) is 11.9. The summed E-state index contributed by atoms with van der Waals surface area (Å²) in [6.45, 7) is 5.49. The summed E-state index contributed by atoms with van der Waals surface area (Å²) >= 11 is 0. The molecule has 0 saturated carbocycles. The van der Waals surface area contributed by atoms with Crippen LogP contribution in [-0.2, 0) is 14.3 Å². The summed E-state index contributed by atoms with van der Waals surface area (Å²) in [6.07, 6.45) is 1.76. The highest BCUT2D eigenvalue weighted by Crippen LogP contribution is 2.44. The van der Waals surface area contributed by atoms with Gasteiger partial charge in [-0.05, 0) is 75.3 Å². The molecule has 0 bridgehead atoms. The Kier molecular flexibility index (Phi) is 8.87. The Labute approximate surface area is 264 Å². The molecule has 0 fully saturated rings. The van der Waals surface area contributed by atoms with E-state index in [2.05, 4.69) is 0 Å². The van der Waals surface area contributed by atoms with Gasteiger partial charge in [-0.3, -0.25) is 19.1 Å². The maximum absolute atomic E-state index is 14.3. The van der Waals surface area contributed by atoms with Crippen LogP contribution in [0.4, 0.5) is 0 Å². The molecule has 7 nitrogen and oxygen atoms in total. The minimum absolute atomic E-state index is 0.213. The van der Waals surface area contributed by atoms with Crippen LogP contribution in [0.25, 0.3) is 22.0 Å². The fourth-order valence-corrected chi connectivity index (χ4v) is 6.51. The summed E-state index contributed by atoms with van der Waals surface area (Å²) in [5, 5.41) is 0.736. The van der Waals surface area contributed by atoms with Gasteiger partial charge in [0.05, 0.1) is 18.7 Å². The third kappa shape index (κ3) is 5.61. The van der Waals surface area contributed by atoms with E-state index in [-0.39, 0.29) is 5.91 Å². The number of carbonyl (C=O) groups excluding carboxylic acids is 3. The van der Waals surface area contributed by atoms with Gasteiger partial charge >= 0.3 is 5.97 Å². The zero-order valence-electron chi connectivity index (χ0n) is 26.6. The number of ether oxygens (including phenoxy) is 1. The molecule has 5 rings (SSSR count). The van der Waals surface area contributed by atoms with Crippen LogP contribution in [0.1, 0.15) is 45.5 Å². The first-order chi connectivity index (χ1) is 21.5. The normalized spacial score (nSPS) is 14.1. The molecule has 0 saturated heterocycles. The summed E-state index contributed by atoms with van der Waals surface area (Å²) in [6, 6.07) is 30.1. The number of esters is 1. The lowest BCUT2D eigenvalue weighted by Gasteiger charge is -2.43. The number of hydrogen-bond acceptors (Lipinski definition) is 6. The number of para-hydroxylation sites is 1. The van der Waals surface area contributed by atoms with Crippen molar-refractivity contribution in [1.29, 1.82) is 0 Å². The summed E-state index contributed by atoms with van der Waals surface area (Å²) < 4.78 is 7.01. The maximum Gasteiger partial charge on any atom is 0.335 e. The van der Waals surface area contributed by atoms with Gasteiger partial charge in [-0.2, -0.15) is 0 Å². The van der Waals surface area contributed by atoms with E-state index in [1.807, 2.05) is 111 Å². The number of likely N-dealkylation sites (N-methyl/N-ethyl adjacent to an activating group) is 1. The van der Waals surface area contributed by atoms with Crippen molar-refractivity contribution in [3.05, 3.63) is 131 Å². The molecule has 45 heavy (non-hydrogen) atoms. The number of aromatic nitrogens is 1. The number of carbonyl (C=O) groups is 3. The number of nitrogens with zero attached hydrogens (tertiary/aromatic N) is 2. The van der Waals surface area contributed by atoms with Crippen molar-refractivity contribution in [3.63, 3.8) is 0 Å². The topological polar surface area (TPSA) is 94.6 Å². The minimum Gasteiger partial charge on any atom is -0.467 e. The number of Topliss-reactive ketones (excluding diaryl/α,β-unsaturated/α-hetero) is 1. The van der Waals surface area contributed by atoms with E-state index in [0.717, 1.165) is 27.6 Å². The Hall–Kier alpha value is -4.85. The zero-order valence-corrected chi connectivity index (χ0v) is 26.6. The highest BCUT2D eigenvalue weighted by Gasteiger charge is 2.57. The van der Waals surface area contributed by atoms with Crippen LogP contribution in [-0.4, -0.2) is 59.9 Å². The molecular formula is C38H39N3O4. The quantitative estimate of drug-likeness (QED) is 0.161. The highest BCUT2D eigenvalue weighted by molar-refractivity contribution is 6.13. The molecule has 0 amide bonds. The molecule has 5 aromatic rings. The molecule has 3 atom stereocenters. The summed E-state index contributed by atoms with van der Waals surface area (Å²) in [4.78, 5) is 44.1. The number of ketones is 1. The molecule has 7 heteroatoms. The van der Waals surface area contributed by atoms with Gasteiger partial charge in [-0.15, -0.1) is 0 Å². The van der Waals surface area contributed by atoms with Crippen molar-refractivity contribution in [2.45, 2.75) is 38.3 Å². The molecule has 0 aliphatic rings. The lowest BCUT2D eigenvalue weighted by atomic mass is 9.70. The van der Waals surface area contributed by atoms with Gasteiger partial charge in [0.1, 0.15) is 0 Å². The van der Waals surface area contributed by atoms with E-state index in [1.54, 1.807) is 36.7 Å². The van der Waals surface area contributed by atoms with Gasteiger partial charge in [-0.1, -0.05) is 90.0 Å². The second-order valence-electron chi connectivity index (χ2n) is 11.9. The van der Waals surface area contributed by atoms with Crippen molar-refractivity contribution in [3.8, 4) is 11.1 Å². The average Bonchev–Trinajstić information content (AvgIpc) is 3.41. The molecule has 1 unspecified atom stereocenters. The van der Waals surface area contributed by atoms with Crippen LogP contribution in [0.2, 0.25) is 0 Å². The van der Waals surface area contributed by atoms with Gasteiger partial charge in [0, 0.05) is 23.1 Å². The average molecular weight is 602 g/mol. The molecule has 4 aromatic carbocycles. The molecule has 1 heterocycles. The SMILES string of the molecule is COC(=O)[C@](C(=O)[C@H](C)N)(C(c1ccc(-c2ccccc2)cc1)c1cn(C(=O)c2cc(C)cc(C)c2)c2ccccc12)N(C)C. The fourth-order valence-electron chi connectivity index (χ4n) is 6.51. The van der Waals surface area contributed by atoms with Crippen LogP contribution in [0.15, 0.2) is 103 Å². The molecule has 2 N–H and O–H groups in total. The van der Waals surface area contributed by atoms with E-state index in [1.165, 1.54) is 7.11 Å². The Morgan fingerprint density at radius 1 is 0.822 bits per heavy atom. The standard InChI is InChI=1S/C38H39N3O4/c1-24-20-25(2)22-30(21-24)36(43)41-23-32(31-14-10-11-15-33(31)41)34(38(40(4)5,37(44)45-6)35(42)26(3)39)29-18-16-28(17-19-29)27-12-8-7-9-13-27/h7-23,26,34H,39H2,1-6H3/t26-,34?,38+/m0/s1. The highest BCUT2D eigenvalue weighted by atomic mass is 16.5. The van der Waals surface area contributed by atoms with Gasteiger partial charge in [0.2, 0.25) is 0 Å². The van der Waals surface area contributed by atoms with Crippen molar-refractivity contribution < 1.29 is 19.1 Å². The third-order valence-electron chi connectivity index (χ3n) is 8.50. The molecule has 230 valence electrons. The van der Waals surface area contributed by atoms with Crippen molar-refractivity contribution in [1.82, 2.24) is 9.47 Å². The zero-order chi connectivity index (χ0) is 32.5. The largest absolute Gasteiger partial charge is 0.467 e. The van der Waals surface area contributed by atoms with Gasteiger partial charge in [-0.25, -0.2) is 4.79 Å². The van der Waals surface area contributed by atoms with E-state index in [0.29, 0.717) is 22.2 Å². The summed E-state index contributed by atoms with van der Waals surface area (Å²) in [5.74, 6) is -2.32. The van der Waals surface area contributed by atoms with Crippen LogP contribution < -0.4 is 5.73 Å². The van der Waals surface area contributed by atoms with E-state index >= 15 is 0 Å². The first-order valence-electron chi connectivity index (χ1n) is 14.9.